The Hall–Kier alpha value is -2.45. The Balaban J connectivity index is 1.68. The summed E-state index contributed by atoms with van der Waals surface area (Å²) in [7, 11) is 0. The third kappa shape index (κ3) is 6.54. The fraction of sp³-hybridized carbons (Fsp3) is 0.400. The molecular weight excluding hydrogens is 456 g/mol. The Bertz CT molecular complexity index is 944. The molecule has 2 amide bonds. The van der Waals surface area contributed by atoms with E-state index in [2.05, 4.69) is 34.9 Å². The number of nitrogens with one attached hydrogen (secondary N) is 2. The van der Waals surface area contributed by atoms with Gasteiger partial charge in [0.15, 0.2) is 0 Å². The van der Waals surface area contributed by atoms with Gasteiger partial charge in [-0.05, 0) is 29.2 Å². The molecule has 176 valence electrons. The first-order chi connectivity index (χ1) is 15.8. The fourth-order valence-corrected chi connectivity index (χ4v) is 6.07. The standard InChI is InChI=1S/C25H30N2O4S2/c1-17(28)26-15-32-13-25(3,14-33-16-27-18(2)29)24(30)31-12-23-21-10-6-4-8-19(21)20-9-5-7-11-22(20)23/h4-11,23H,12-16H2,1-3H3,(H,26,28)(H,27,29). The van der Waals surface area contributed by atoms with Gasteiger partial charge in [-0.3, -0.25) is 14.4 Å². The van der Waals surface area contributed by atoms with Gasteiger partial charge in [0.05, 0.1) is 17.2 Å². The lowest BCUT2D eigenvalue weighted by Crippen LogP contribution is -2.37. The highest BCUT2D eigenvalue weighted by atomic mass is 32.2. The molecule has 2 aromatic carbocycles. The van der Waals surface area contributed by atoms with Crippen LogP contribution in [0.2, 0.25) is 0 Å². The lowest BCUT2D eigenvalue weighted by molar-refractivity contribution is -0.152. The third-order valence-electron chi connectivity index (χ3n) is 5.52. The number of amides is 2. The molecule has 6 nitrogen and oxygen atoms in total. The first-order valence-electron chi connectivity index (χ1n) is 10.8. The predicted molar refractivity (Wildman–Crippen MR) is 135 cm³/mol. The Kier molecular flexibility index (Phi) is 8.86. The number of carbonyl (C=O) groups is 3. The molecule has 0 atom stereocenters. The second-order valence-electron chi connectivity index (χ2n) is 8.34. The molecule has 0 aliphatic heterocycles. The second kappa shape index (κ2) is 11.6. The van der Waals surface area contributed by atoms with Gasteiger partial charge in [0.1, 0.15) is 6.61 Å². The summed E-state index contributed by atoms with van der Waals surface area (Å²) in [5.41, 5.74) is 3.97. The summed E-state index contributed by atoms with van der Waals surface area (Å²) in [4.78, 5) is 35.6. The minimum atomic E-state index is -0.760. The molecule has 0 spiro atoms. The highest BCUT2D eigenvalue weighted by Gasteiger charge is 2.37. The van der Waals surface area contributed by atoms with Crippen LogP contribution < -0.4 is 10.6 Å². The lowest BCUT2D eigenvalue weighted by Gasteiger charge is -2.28. The average Bonchev–Trinajstić information content (AvgIpc) is 3.11. The maximum absolute atomic E-state index is 13.3. The van der Waals surface area contributed by atoms with E-state index in [9.17, 15) is 14.4 Å². The highest BCUT2D eigenvalue weighted by molar-refractivity contribution is 8.00. The smallest absolute Gasteiger partial charge is 0.313 e. The summed E-state index contributed by atoms with van der Waals surface area (Å²) in [5.74, 6) is 1.37. The van der Waals surface area contributed by atoms with Crippen molar-refractivity contribution in [2.24, 2.45) is 5.41 Å². The van der Waals surface area contributed by atoms with Gasteiger partial charge in [-0.15, -0.1) is 23.5 Å². The Morgan fingerprint density at radius 2 is 1.30 bits per heavy atom. The van der Waals surface area contributed by atoms with Crippen LogP contribution in [0.15, 0.2) is 48.5 Å². The minimum Gasteiger partial charge on any atom is -0.464 e. The number of rotatable bonds is 11. The van der Waals surface area contributed by atoms with Crippen molar-refractivity contribution in [2.45, 2.75) is 26.7 Å². The zero-order valence-corrected chi connectivity index (χ0v) is 20.8. The van der Waals surface area contributed by atoms with E-state index in [1.807, 2.05) is 31.2 Å². The number of ether oxygens (including phenoxy) is 1. The molecule has 0 radical (unpaired) electrons. The van der Waals surface area contributed by atoms with Crippen molar-refractivity contribution >= 4 is 41.3 Å². The highest BCUT2D eigenvalue weighted by Crippen LogP contribution is 2.44. The second-order valence-corrected chi connectivity index (χ2v) is 10.3. The summed E-state index contributed by atoms with van der Waals surface area (Å²) >= 11 is 2.97. The van der Waals surface area contributed by atoms with Gasteiger partial charge in [-0.1, -0.05) is 48.5 Å². The quantitative estimate of drug-likeness (QED) is 0.284. The summed E-state index contributed by atoms with van der Waals surface area (Å²) in [6.45, 7) is 5.09. The van der Waals surface area contributed by atoms with E-state index in [0.717, 1.165) is 0 Å². The van der Waals surface area contributed by atoms with Crippen molar-refractivity contribution in [2.75, 3.05) is 29.9 Å². The monoisotopic (exact) mass is 486 g/mol. The summed E-state index contributed by atoms with van der Waals surface area (Å²) in [6.07, 6.45) is 0. The lowest BCUT2D eigenvalue weighted by atomic mass is 9.95. The molecule has 0 fully saturated rings. The number of benzene rings is 2. The molecule has 0 heterocycles. The molecule has 3 rings (SSSR count). The van der Waals surface area contributed by atoms with Crippen LogP contribution in [0.4, 0.5) is 0 Å². The van der Waals surface area contributed by atoms with Crippen molar-refractivity contribution in [1.29, 1.82) is 0 Å². The number of hydrogen-bond acceptors (Lipinski definition) is 6. The van der Waals surface area contributed by atoms with Gasteiger partial charge in [-0.25, -0.2) is 0 Å². The van der Waals surface area contributed by atoms with Crippen LogP contribution in [0, 0.1) is 5.41 Å². The van der Waals surface area contributed by atoms with Crippen LogP contribution in [0.1, 0.15) is 37.8 Å². The molecule has 0 unspecified atom stereocenters. The Labute approximate surface area is 203 Å². The molecule has 1 aliphatic carbocycles. The van der Waals surface area contributed by atoms with E-state index >= 15 is 0 Å². The molecule has 0 saturated heterocycles. The summed E-state index contributed by atoms with van der Waals surface area (Å²) < 4.78 is 5.92. The van der Waals surface area contributed by atoms with Crippen LogP contribution in [0.5, 0.6) is 0 Å². The predicted octanol–water partition coefficient (Wildman–Crippen LogP) is 4.00. The Morgan fingerprint density at radius 1 is 0.848 bits per heavy atom. The topological polar surface area (TPSA) is 84.5 Å². The van der Waals surface area contributed by atoms with Crippen molar-refractivity contribution in [1.82, 2.24) is 10.6 Å². The van der Waals surface area contributed by atoms with Crippen LogP contribution in [0.25, 0.3) is 11.1 Å². The van der Waals surface area contributed by atoms with Gasteiger partial charge in [0.25, 0.3) is 0 Å². The average molecular weight is 487 g/mol. The van der Waals surface area contributed by atoms with E-state index < -0.39 is 5.41 Å². The number of esters is 1. The minimum absolute atomic E-state index is 0.00432. The molecule has 2 aromatic rings. The first-order valence-corrected chi connectivity index (χ1v) is 13.1. The van der Waals surface area contributed by atoms with Crippen LogP contribution in [-0.4, -0.2) is 47.6 Å². The fourth-order valence-electron chi connectivity index (χ4n) is 3.79. The van der Waals surface area contributed by atoms with Crippen LogP contribution in [-0.2, 0) is 19.1 Å². The van der Waals surface area contributed by atoms with Gasteiger partial charge in [0, 0.05) is 31.3 Å². The van der Waals surface area contributed by atoms with E-state index in [-0.39, 0.29) is 30.3 Å². The van der Waals surface area contributed by atoms with Gasteiger partial charge >= 0.3 is 5.97 Å². The molecule has 0 aromatic heterocycles. The molecule has 0 bridgehead atoms. The molecule has 0 saturated carbocycles. The maximum Gasteiger partial charge on any atom is 0.313 e. The van der Waals surface area contributed by atoms with Crippen LogP contribution >= 0.6 is 23.5 Å². The van der Waals surface area contributed by atoms with E-state index in [1.54, 1.807) is 0 Å². The van der Waals surface area contributed by atoms with E-state index in [4.69, 9.17) is 4.74 Å². The van der Waals surface area contributed by atoms with Crippen LogP contribution in [0.3, 0.4) is 0 Å². The van der Waals surface area contributed by atoms with Crippen molar-refractivity contribution in [3.63, 3.8) is 0 Å². The van der Waals surface area contributed by atoms with Crippen molar-refractivity contribution in [3.8, 4) is 11.1 Å². The van der Waals surface area contributed by atoms with Gasteiger partial charge < -0.3 is 15.4 Å². The number of carbonyl (C=O) groups excluding carboxylic acids is 3. The molecule has 8 heteroatoms. The maximum atomic E-state index is 13.3. The molecule has 1 aliphatic rings. The summed E-state index contributed by atoms with van der Waals surface area (Å²) in [6, 6.07) is 16.5. The zero-order chi connectivity index (χ0) is 23.8. The zero-order valence-electron chi connectivity index (χ0n) is 19.2. The van der Waals surface area contributed by atoms with Gasteiger partial charge in [-0.2, -0.15) is 0 Å². The molecule has 33 heavy (non-hydrogen) atoms. The number of thioether (sulfide) groups is 2. The summed E-state index contributed by atoms with van der Waals surface area (Å²) in [5, 5.41) is 5.49. The van der Waals surface area contributed by atoms with Crippen molar-refractivity contribution in [3.05, 3.63) is 59.7 Å². The largest absolute Gasteiger partial charge is 0.464 e. The Morgan fingerprint density at radius 3 is 1.76 bits per heavy atom. The SMILES string of the molecule is CC(=O)NCSCC(C)(CSCNC(C)=O)C(=O)OCC1c2ccccc2-c2ccccc21. The molecular formula is C25H30N2O4S2. The third-order valence-corrected chi connectivity index (χ3v) is 7.90. The van der Waals surface area contributed by atoms with Crippen molar-refractivity contribution < 1.29 is 19.1 Å². The molecule has 2 N–H and O–H groups in total. The number of fused-ring (bicyclic) bond motifs is 3. The first kappa shape index (κ1) is 25.2. The normalized spacial score (nSPS) is 12.6. The van der Waals surface area contributed by atoms with Gasteiger partial charge in [0.2, 0.25) is 11.8 Å². The number of hydrogen-bond donors (Lipinski definition) is 2. The van der Waals surface area contributed by atoms with E-state index in [0.29, 0.717) is 23.3 Å². The van der Waals surface area contributed by atoms with E-state index in [1.165, 1.54) is 59.6 Å².